The minimum absolute atomic E-state index is 0.0455. The summed E-state index contributed by atoms with van der Waals surface area (Å²) in [5, 5.41) is 3.53. The Bertz CT molecular complexity index is 1240. The van der Waals surface area contributed by atoms with Crippen LogP contribution in [0.2, 0.25) is 0 Å². The van der Waals surface area contributed by atoms with Crippen molar-refractivity contribution in [3.05, 3.63) is 94.2 Å². The van der Waals surface area contributed by atoms with Gasteiger partial charge in [0.2, 0.25) is 5.78 Å². The molecule has 3 aromatic carbocycles. The Morgan fingerprint density at radius 2 is 1.55 bits per heavy atom. The maximum atomic E-state index is 13.1. The van der Waals surface area contributed by atoms with Crippen molar-refractivity contribution in [2.24, 2.45) is 0 Å². The first-order chi connectivity index (χ1) is 14.9. The van der Waals surface area contributed by atoms with E-state index < -0.39 is 0 Å². The summed E-state index contributed by atoms with van der Waals surface area (Å²) in [6.07, 6.45) is 0.0455. The lowest BCUT2D eigenvalue weighted by molar-refractivity contribution is 0.101. The van der Waals surface area contributed by atoms with Crippen molar-refractivity contribution < 1.29 is 18.7 Å². The number of rotatable bonds is 6. The van der Waals surface area contributed by atoms with E-state index in [1.165, 1.54) is 0 Å². The van der Waals surface area contributed by atoms with Crippen LogP contribution in [0, 0.1) is 0 Å². The van der Waals surface area contributed by atoms with Gasteiger partial charge in [0.05, 0.1) is 11.8 Å². The SMILES string of the molecule is CC(C)Oc1ccc(C(=O)Nc2c(C(=O)c3ccc(Br)cc3)oc3ccccc23)cc1. The number of para-hydroxylation sites is 1. The molecule has 4 rings (SSSR count). The molecule has 31 heavy (non-hydrogen) atoms. The number of hydrogen-bond donors (Lipinski definition) is 1. The van der Waals surface area contributed by atoms with Crippen LogP contribution < -0.4 is 10.1 Å². The number of anilines is 1. The topological polar surface area (TPSA) is 68.5 Å². The third kappa shape index (κ3) is 4.54. The van der Waals surface area contributed by atoms with Crippen molar-refractivity contribution in [1.29, 1.82) is 0 Å². The van der Waals surface area contributed by atoms with E-state index in [0.29, 0.717) is 33.5 Å². The first-order valence-electron chi connectivity index (χ1n) is 9.82. The van der Waals surface area contributed by atoms with E-state index in [4.69, 9.17) is 9.15 Å². The molecule has 0 fully saturated rings. The molecule has 0 unspecified atom stereocenters. The summed E-state index contributed by atoms with van der Waals surface area (Å²) in [6, 6.07) is 21.1. The number of furan rings is 1. The Kier molecular flexibility index (Phi) is 5.91. The van der Waals surface area contributed by atoms with E-state index in [1.807, 2.05) is 32.0 Å². The summed E-state index contributed by atoms with van der Waals surface area (Å²) in [7, 11) is 0. The molecule has 0 bridgehead atoms. The minimum Gasteiger partial charge on any atom is -0.491 e. The lowest BCUT2D eigenvalue weighted by Crippen LogP contribution is -2.14. The number of hydrogen-bond acceptors (Lipinski definition) is 4. The second kappa shape index (κ2) is 8.78. The maximum absolute atomic E-state index is 13.1. The van der Waals surface area contributed by atoms with Crippen molar-refractivity contribution in [3.8, 4) is 5.75 Å². The second-order valence-corrected chi connectivity index (χ2v) is 8.20. The zero-order valence-electron chi connectivity index (χ0n) is 17.0. The molecular weight excluding hydrogens is 458 g/mol. The normalized spacial score (nSPS) is 11.0. The van der Waals surface area contributed by atoms with E-state index in [-0.39, 0.29) is 23.6 Å². The van der Waals surface area contributed by atoms with Crippen molar-refractivity contribution in [3.63, 3.8) is 0 Å². The molecule has 0 aliphatic heterocycles. The third-order valence-corrected chi connectivity index (χ3v) is 5.16. The summed E-state index contributed by atoms with van der Waals surface area (Å²) in [6.45, 7) is 3.88. The molecule has 0 radical (unpaired) electrons. The molecule has 156 valence electrons. The van der Waals surface area contributed by atoms with Gasteiger partial charge < -0.3 is 14.5 Å². The molecule has 0 atom stereocenters. The van der Waals surface area contributed by atoms with Gasteiger partial charge in [0, 0.05) is 21.0 Å². The highest BCUT2D eigenvalue weighted by atomic mass is 79.9. The highest BCUT2D eigenvalue weighted by Crippen LogP contribution is 2.33. The van der Waals surface area contributed by atoms with E-state index in [0.717, 1.165) is 4.47 Å². The number of benzene rings is 3. The number of fused-ring (bicyclic) bond motifs is 1. The molecular formula is C25H20BrNO4. The van der Waals surface area contributed by atoms with Crippen molar-refractivity contribution >= 4 is 44.3 Å². The van der Waals surface area contributed by atoms with E-state index in [2.05, 4.69) is 21.2 Å². The number of halogens is 1. The van der Waals surface area contributed by atoms with Gasteiger partial charge in [-0.3, -0.25) is 9.59 Å². The molecule has 1 aromatic heterocycles. The fraction of sp³-hybridized carbons (Fsp3) is 0.120. The molecule has 5 nitrogen and oxygen atoms in total. The first-order valence-corrected chi connectivity index (χ1v) is 10.6. The molecule has 0 spiro atoms. The van der Waals surface area contributed by atoms with Gasteiger partial charge >= 0.3 is 0 Å². The number of amides is 1. The van der Waals surface area contributed by atoms with Crippen LogP contribution in [-0.2, 0) is 0 Å². The maximum Gasteiger partial charge on any atom is 0.255 e. The predicted octanol–water partition coefficient (Wildman–Crippen LogP) is 6.47. The van der Waals surface area contributed by atoms with Crippen LogP contribution in [0.4, 0.5) is 5.69 Å². The summed E-state index contributed by atoms with van der Waals surface area (Å²) in [5.41, 5.74) is 1.80. The second-order valence-electron chi connectivity index (χ2n) is 7.28. The number of ether oxygens (including phenoxy) is 1. The van der Waals surface area contributed by atoms with Gasteiger partial charge in [-0.15, -0.1) is 0 Å². The van der Waals surface area contributed by atoms with Gasteiger partial charge in [0.1, 0.15) is 11.3 Å². The van der Waals surface area contributed by atoms with Gasteiger partial charge in [0.15, 0.2) is 5.76 Å². The van der Waals surface area contributed by atoms with Crippen LogP contribution in [0.5, 0.6) is 5.75 Å². The van der Waals surface area contributed by atoms with Crippen LogP contribution in [0.15, 0.2) is 81.7 Å². The molecule has 1 heterocycles. The highest BCUT2D eigenvalue weighted by Gasteiger charge is 2.23. The van der Waals surface area contributed by atoms with E-state index >= 15 is 0 Å². The molecule has 0 saturated carbocycles. The lowest BCUT2D eigenvalue weighted by Gasteiger charge is -2.10. The third-order valence-electron chi connectivity index (χ3n) is 4.63. The van der Waals surface area contributed by atoms with Gasteiger partial charge in [0.25, 0.3) is 5.91 Å². The van der Waals surface area contributed by atoms with E-state index in [1.54, 1.807) is 54.6 Å². The zero-order valence-corrected chi connectivity index (χ0v) is 18.6. The Hall–Kier alpha value is -3.38. The summed E-state index contributed by atoms with van der Waals surface area (Å²) < 4.78 is 12.3. The number of ketones is 1. The number of nitrogens with one attached hydrogen (secondary N) is 1. The fourth-order valence-corrected chi connectivity index (χ4v) is 3.47. The molecule has 4 aromatic rings. The lowest BCUT2D eigenvalue weighted by atomic mass is 10.1. The summed E-state index contributed by atoms with van der Waals surface area (Å²) >= 11 is 3.37. The first kappa shape index (κ1) is 20.9. The molecule has 0 saturated heterocycles. The van der Waals surface area contributed by atoms with Gasteiger partial charge in [-0.1, -0.05) is 28.1 Å². The van der Waals surface area contributed by atoms with Gasteiger partial charge in [-0.25, -0.2) is 0 Å². The zero-order chi connectivity index (χ0) is 22.0. The monoisotopic (exact) mass is 477 g/mol. The van der Waals surface area contributed by atoms with Crippen molar-refractivity contribution in [2.45, 2.75) is 20.0 Å². The average Bonchev–Trinajstić information content (AvgIpc) is 3.12. The molecule has 1 N–H and O–H groups in total. The van der Waals surface area contributed by atoms with Crippen LogP contribution in [0.25, 0.3) is 11.0 Å². The standard InChI is InChI=1S/C25H20BrNO4/c1-15(2)30-19-13-9-17(10-14-19)25(29)27-22-20-5-3-4-6-21(20)31-24(22)23(28)16-7-11-18(26)12-8-16/h3-15H,1-2H3,(H,27,29). The van der Waals surface area contributed by atoms with Crippen molar-refractivity contribution in [2.75, 3.05) is 5.32 Å². The summed E-state index contributed by atoms with van der Waals surface area (Å²) in [5.74, 6) is 0.134. The van der Waals surface area contributed by atoms with E-state index in [9.17, 15) is 9.59 Å². The predicted molar refractivity (Wildman–Crippen MR) is 124 cm³/mol. The van der Waals surface area contributed by atoms with Crippen LogP contribution >= 0.6 is 15.9 Å². The Labute approximate surface area is 188 Å². The smallest absolute Gasteiger partial charge is 0.255 e. The molecule has 0 aliphatic rings. The Morgan fingerprint density at radius 1 is 0.903 bits per heavy atom. The Balaban J connectivity index is 1.68. The van der Waals surface area contributed by atoms with Crippen LogP contribution in [0.3, 0.4) is 0 Å². The minimum atomic E-state index is -0.340. The highest BCUT2D eigenvalue weighted by molar-refractivity contribution is 9.10. The largest absolute Gasteiger partial charge is 0.491 e. The molecule has 0 aliphatic carbocycles. The molecule has 6 heteroatoms. The fourth-order valence-electron chi connectivity index (χ4n) is 3.20. The number of carbonyl (C=O) groups excluding carboxylic acids is 2. The van der Waals surface area contributed by atoms with Crippen LogP contribution in [0.1, 0.15) is 40.3 Å². The Morgan fingerprint density at radius 3 is 2.23 bits per heavy atom. The van der Waals surface area contributed by atoms with Gasteiger partial charge in [-0.05, 0) is 74.5 Å². The quantitative estimate of drug-likeness (QED) is 0.323. The number of carbonyl (C=O) groups is 2. The average molecular weight is 478 g/mol. The van der Waals surface area contributed by atoms with Crippen LogP contribution in [-0.4, -0.2) is 17.8 Å². The molecule has 1 amide bonds. The summed E-state index contributed by atoms with van der Waals surface area (Å²) in [4.78, 5) is 26.1. The van der Waals surface area contributed by atoms with Gasteiger partial charge in [-0.2, -0.15) is 0 Å². The van der Waals surface area contributed by atoms with Crippen molar-refractivity contribution in [1.82, 2.24) is 0 Å².